The van der Waals surface area contributed by atoms with Crippen LogP contribution in [0.25, 0.3) is 11.6 Å². The number of hydrogen-bond donors (Lipinski definition) is 1. The molecule has 0 saturated carbocycles. The predicted molar refractivity (Wildman–Crippen MR) is 65.1 cm³/mol. The molecule has 0 amide bonds. The standard InChI is InChI=1S/C12H15N5/c1-7-4-14-11(15-5-7)12-16-6-10(8(2)13)9(3)17-12/h4-6,8H,13H2,1-3H3/t8-/m0/s1. The molecule has 0 aliphatic heterocycles. The Morgan fingerprint density at radius 2 is 1.59 bits per heavy atom. The Bertz CT molecular complexity index is 519. The molecule has 2 aromatic rings. The molecule has 2 N–H and O–H groups in total. The van der Waals surface area contributed by atoms with Crippen LogP contribution in [0.3, 0.4) is 0 Å². The van der Waals surface area contributed by atoms with Gasteiger partial charge >= 0.3 is 0 Å². The third-order valence-electron chi connectivity index (χ3n) is 2.49. The van der Waals surface area contributed by atoms with Crippen molar-refractivity contribution >= 4 is 0 Å². The number of aromatic nitrogens is 4. The van der Waals surface area contributed by atoms with E-state index in [0.717, 1.165) is 16.8 Å². The Balaban J connectivity index is 2.41. The zero-order valence-electron chi connectivity index (χ0n) is 10.2. The number of aryl methyl sites for hydroxylation is 2. The summed E-state index contributed by atoms with van der Waals surface area (Å²) in [6, 6.07) is -0.0667. The fourth-order valence-electron chi connectivity index (χ4n) is 1.54. The lowest BCUT2D eigenvalue weighted by atomic mass is 10.1. The van der Waals surface area contributed by atoms with Crippen LogP contribution in [0, 0.1) is 13.8 Å². The molecular weight excluding hydrogens is 214 g/mol. The second-order valence-corrected chi connectivity index (χ2v) is 4.11. The van der Waals surface area contributed by atoms with Crippen molar-refractivity contribution in [1.29, 1.82) is 0 Å². The van der Waals surface area contributed by atoms with Crippen molar-refractivity contribution in [3.63, 3.8) is 0 Å². The van der Waals surface area contributed by atoms with Crippen LogP contribution in [0.2, 0.25) is 0 Å². The summed E-state index contributed by atoms with van der Waals surface area (Å²) in [7, 11) is 0. The van der Waals surface area contributed by atoms with Gasteiger partial charge in [0, 0.05) is 35.9 Å². The summed E-state index contributed by atoms with van der Waals surface area (Å²) in [5.74, 6) is 1.07. The van der Waals surface area contributed by atoms with Crippen LogP contribution in [-0.2, 0) is 0 Å². The summed E-state index contributed by atoms with van der Waals surface area (Å²) in [6.07, 6.45) is 5.24. The largest absolute Gasteiger partial charge is 0.324 e. The van der Waals surface area contributed by atoms with E-state index in [2.05, 4.69) is 19.9 Å². The summed E-state index contributed by atoms with van der Waals surface area (Å²) in [5.41, 5.74) is 8.64. The van der Waals surface area contributed by atoms with Gasteiger partial charge in [-0.3, -0.25) is 0 Å². The van der Waals surface area contributed by atoms with E-state index < -0.39 is 0 Å². The van der Waals surface area contributed by atoms with E-state index >= 15 is 0 Å². The first-order valence-corrected chi connectivity index (χ1v) is 5.46. The molecular formula is C12H15N5. The van der Waals surface area contributed by atoms with Gasteiger partial charge in [0.15, 0.2) is 11.6 Å². The van der Waals surface area contributed by atoms with Gasteiger partial charge in [0.2, 0.25) is 0 Å². The third-order valence-corrected chi connectivity index (χ3v) is 2.49. The minimum Gasteiger partial charge on any atom is -0.324 e. The first-order chi connectivity index (χ1) is 8.08. The minimum atomic E-state index is -0.0667. The second kappa shape index (κ2) is 4.55. The van der Waals surface area contributed by atoms with E-state index in [4.69, 9.17) is 5.73 Å². The van der Waals surface area contributed by atoms with E-state index in [1.165, 1.54) is 0 Å². The van der Waals surface area contributed by atoms with Crippen LogP contribution in [0.1, 0.15) is 29.8 Å². The predicted octanol–water partition coefficient (Wildman–Crippen LogP) is 1.57. The molecule has 0 unspecified atom stereocenters. The van der Waals surface area contributed by atoms with Crippen LogP contribution in [0.5, 0.6) is 0 Å². The van der Waals surface area contributed by atoms with Gasteiger partial charge in [0.05, 0.1) is 0 Å². The molecule has 0 saturated heterocycles. The topological polar surface area (TPSA) is 77.6 Å². The summed E-state index contributed by atoms with van der Waals surface area (Å²) in [5, 5.41) is 0. The Morgan fingerprint density at radius 3 is 2.12 bits per heavy atom. The molecule has 17 heavy (non-hydrogen) atoms. The van der Waals surface area contributed by atoms with Gasteiger partial charge in [0.1, 0.15) is 0 Å². The summed E-state index contributed by atoms with van der Waals surface area (Å²) in [4.78, 5) is 17.0. The third kappa shape index (κ3) is 2.45. The normalized spacial score (nSPS) is 12.5. The fourth-order valence-corrected chi connectivity index (χ4v) is 1.54. The van der Waals surface area contributed by atoms with Crippen LogP contribution in [0.15, 0.2) is 18.6 Å². The molecule has 88 valence electrons. The van der Waals surface area contributed by atoms with Gasteiger partial charge < -0.3 is 5.73 Å². The van der Waals surface area contributed by atoms with Gasteiger partial charge in [-0.1, -0.05) is 0 Å². The highest BCUT2D eigenvalue weighted by atomic mass is 15.0. The molecule has 2 heterocycles. The molecule has 1 atom stereocenters. The molecule has 5 nitrogen and oxygen atoms in total. The Labute approximate surface area is 100 Å². The second-order valence-electron chi connectivity index (χ2n) is 4.11. The molecule has 5 heteroatoms. The first-order valence-electron chi connectivity index (χ1n) is 5.46. The summed E-state index contributed by atoms with van der Waals surface area (Å²) < 4.78 is 0. The Hall–Kier alpha value is -1.88. The summed E-state index contributed by atoms with van der Waals surface area (Å²) in [6.45, 7) is 5.76. The maximum Gasteiger partial charge on any atom is 0.197 e. The molecule has 2 rings (SSSR count). The molecule has 2 aromatic heterocycles. The lowest BCUT2D eigenvalue weighted by Gasteiger charge is -2.08. The van der Waals surface area contributed by atoms with Crippen molar-refractivity contribution in [1.82, 2.24) is 19.9 Å². The lowest BCUT2D eigenvalue weighted by molar-refractivity contribution is 0.789. The summed E-state index contributed by atoms with van der Waals surface area (Å²) >= 11 is 0. The number of nitrogens with zero attached hydrogens (tertiary/aromatic N) is 4. The number of hydrogen-bond acceptors (Lipinski definition) is 5. The number of rotatable bonds is 2. The van der Waals surface area contributed by atoms with Gasteiger partial charge in [-0.15, -0.1) is 0 Å². The van der Waals surface area contributed by atoms with Gasteiger partial charge in [-0.25, -0.2) is 19.9 Å². The zero-order valence-corrected chi connectivity index (χ0v) is 10.2. The highest BCUT2D eigenvalue weighted by Crippen LogP contribution is 2.15. The van der Waals surface area contributed by atoms with E-state index in [1.54, 1.807) is 18.6 Å². The van der Waals surface area contributed by atoms with E-state index in [-0.39, 0.29) is 6.04 Å². The van der Waals surface area contributed by atoms with Crippen molar-refractivity contribution in [2.75, 3.05) is 0 Å². The molecule has 0 aliphatic carbocycles. The average molecular weight is 229 g/mol. The van der Waals surface area contributed by atoms with Crippen LogP contribution >= 0.6 is 0 Å². The van der Waals surface area contributed by atoms with E-state index in [0.29, 0.717) is 11.6 Å². The van der Waals surface area contributed by atoms with E-state index in [1.807, 2.05) is 20.8 Å². The monoisotopic (exact) mass is 229 g/mol. The Kier molecular flexibility index (Phi) is 3.10. The maximum atomic E-state index is 5.81. The molecule has 0 bridgehead atoms. The smallest absolute Gasteiger partial charge is 0.197 e. The highest BCUT2D eigenvalue weighted by molar-refractivity contribution is 5.43. The fraction of sp³-hybridized carbons (Fsp3) is 0.333. The Morgan fingerprint density at radius 1 is 1.00 bits per heavy atom. The highest BCUT2D eigenvalue weighted by Gasteiger charge is 2.09. The van der Waals surface area contributed by atoms with Crippen molar-refractivity contribution in [3.8, 4) is 11.6 Å². The van der Waals surface area contributed by atoms with Crippen molar-refractivity contribution in [2.45, 2.75) is 26.8 Å². The van der Waals surface area contributed by atoms with Crippen LogP contribution < -0.4 is 5.73 Å². The van der Waals surface area contributed by atoms with Crippen LogP contribution in [-0.4, -0.2) is 19.9 Å². The van der Waals surface area contributed by atoms with Crippen molar-refractivity contribution in [3.05, 3.63) is 35.4 Å². The SMILES string of the molecule is Cc1cnc(-c2ncc([C@H](C)N)c(C)n2)nc1. The van der Waals surface area contributed by atoms with Crippen LogP contribution in [0.4, 0.5) is 0 Å². The minimum absolute atomic E-state index is 0.0667. The zero-order chi connectivity index (χ0) is 12.4. The molecule has 0 aromatic carbocycles. The molecule has 0 aliphatic rings. The van der Waals surface area contributed by atoms with Gasteiger partial charge in [0.25, 0.3) is 0 Å². The van der Waals surface area contributed by atoms with Crippen molar-refractivity contribution < 1.29 is 0 Å². The first kappa shape index (κ1) is 11.6. The molecule has 0 radical (unpaired) electrons. The van der Waals surface area contributed by atoms with Gasteiger partial charge in [-0.05, 0) is 26.3 Å². The average Bonchev–Trinajstić information content (AvgIpc) is 2.29. The van der Waals surface area contributed by atoms with Gasteiger partial charge in [-0.2, -0.15) is 0 Å². The van der Waals surface area contributed by atoms with E-state index in [9.17, 15) is 0 Å². The van der Waals surface area contributed by atoms with Crippen molar-refractivity contribution in [2.24, 2.45) is 5.73 Å². The molecule has 0 spiro atoms. The maximum absolute atomic E-state index is 5.81. The molecule has 0 fully saturated rings. The lowest BCUT2D eigenvalue weighted by Crippen LogP contribution is -2.09. The number of nitrogens with two attached hydrogens (primary N) is 1. The quantitative estimate of drug-likeness (QED) is 0.845.